The van der Waals surface area contributed by atoms with E-state index in [2.05, 4.69) is 17.0 Å². The fourth-order valence-electron chi connectivity index (χ4n) is 2.47. The van der Waals surface area contributed by atoms with E-state index in [1.807, 2.05) is 18.2 Å². The molecule has 0 radical (unpaired) electrons. The van der Waals surface area contributed by atoms with Crippen LogP contribution in [0.2, 0.25) is 0 Å². The molecule has 0 saturated carbocycles. The number of carbonyl (C=O) groups excluding carboxylic acids is 1. The number of aldehydes is 1. The third-order valence-corrected chi connectivity index (χ3v) is 3.46. The number of carbonyl (C=O) groups is 1. The van der Waals surface area contributed by atoms with Crippen LogP contribution < -0.4 is 5.73 Å². The number of hydrogen-bond acceptors (Lipinski definition) is 3. The smallest absolute Gasteiger partial charge is 0.138 e. The maximum Gasteiger partial charge on any atom is 0.138 e. The van der Waals surface area contributed by atoms with Crippen LogP contribution in [0.1, 0.15) is 24.8 Å². The summed E-state index contributed by atoms with van der Waals surface area (Å²) in [5, 5.41) is 0. The van der Waals surface area contributed by atoms with Gasteiger partial charge in [-0.2, -0.15) is 0 Å². The largest absolute Gasteiger partial charge is 0.326 e. The van der Waals surface area contributed by atoms with Crippen molar-refractivity contribution in [2.75, 3.05) is 6.54 Å². The Hall–Kier alpha value is -1.19. The predicted octanol–water partition coefficient (Wildman–Crippen LogP) is 1.57. The average molecular weight is 232 g/mol. The highest BCUT2D eigenvalue weighted by Gasteiger charge is 2.26. The van der Waals surface area contributed by atoms with E-state index in [1.54, 1.807) is 0 Å². The molecule has 2 rings (SSSR count). The van der Waals surface area contributed by atoms with Crippen LogP contribution in [0.3, 0.4) is 0 Å². The molecule has 1 aliphatic heterocycles. The first-order valence-electron chi connectivity index (χ1n) is 6.30. The van der Waals surface area contributed by atoms with E-state index in [9.17, 15) is 4.79 Å². The summed E-state index contributed by atoms with van der Waals surface area (Å²) in [4.78, 5) is 13.4. The van der Waals surface area contributed by atoms with Crippen molar-refractivity contribution in [3.05, 3.63) is 35.9 Å². The van der Waals surface area contributed by atoms with Crippen LogP contribution in [-0.2, 0) is 11.3 Å². The third kappa shape index (κ3) is 3.14. The van der Waals surface area contributed by atoms with Gasteiger partial charge in [0.25, 0.3) is 0 Å². The topological polar surface area (TPSA) is 46.3 Å². The molecule has 0 aromatic heterocycles. The first-order chi connectivity index (χ1) is 8.31. The molecule has 1 aromatic carbocycles. The second-order valence-corrected chi connectivity index (χ2v) is 4.74. The minimum atomic E-state index is -0.127. The van der Waals surface area contributed by atoms with Crippen molar-refractivity contribution in [3.63, 3.8) is 0 Å². The van der Waals surface area contributed by atoms with Crippen molar-refractivity contribution in [1.82, 2.24) is 4.90 Å². The quantitative estimate of drug-likeness (QED) is 0.805. The Morgan fingerprint density at radius 3 is 2.76 bits per heavy atom. The first-order valence-corrected chi connectivity index (χ1v) is 6.30. The van der Waals surface area contributed by atoms with Crippen LogP contribution in [0.5, 0.6) is 0 Å². The molecule has 1 unspecified atom stereocenters. The van der Waals surface area contributed by atoms with Gasteiger partial charge < -0.3 is 10.5 Å². The maximum atomic E-state index is 11.2. The van der Waals surface area contributed by atoms with Crippen molar-refractivity contribution in [2.24, 2.45) is 5.73 Å². The summed E-state index contributed by atoms with van der Waals surface area (Å²) in [5.74, 6) is 0. The summed E-state index contributed by atoms with van der Waals surface area (Å²) in [6.07, 6.45) is 4.22. The van der Waals surface area contributed by atoms with Crippen molar-refractivity contribution >= 4 is 6.29 Å². The van der Waals surface area contributed by atoms with Gasteiger partial charge in [0, 0.05) is 12.6 Å². The van der Waals surface area contributed by atoms with Crippen LogP contribution in [0, 0.1) is 0 Å². The standard InChI is InChI=1S/C14H20N2O/c15-13-8-4-5-9-16(14(13)11-17)10-12-6-2-1-3-7-12/h1-3,6-7,11,13-14H,4-5,8-10,15H2/t13-,14?/m1/s1. The molecule has 0 bridgehead atoms. The minimum absolute atomic E-state index is 0.0151. The first kappa shape index (κ1) is 12.3. The molecule has 92 valence electrons. The van der Waals surface area contributed by atoms with Gasteiger partial charge in [-0.3, -0.25) is 4.90 Å². The highest BCUT2D eigenvalue weighted by atomic mass is 16.1. The maximum absolute atomic E-state index is 11.2. The molecular weight excluding hydrogens is 212 g/mol. The summed E-state index contributed by atoms with van der Waals surface area (Å²) in [7, 11) is 0. The molecule has 1 fully saturated rings. The van der Waals surface area contributed by atoms with Gasteiger partial charge in [-0.25, -0.2) is 0 Å². The SMILES string of the molecule is N[C@@H]1CCCCN(Cc2ccccc2)C1C=O. The Morgan fingerprint density at radius 1 is 1.29 bits per heavy atom. The van der Waals surface area contributed by atoms with Crippen LogP contribution >= 0.6 is 0 Å². The molecule has 3 nitrogen and oxygen atoms in total. The van der Waals surface area contributed by atoms with Crippen molar-refractivity contribution in [1.29, 1.82) is 0 Å². The Labute approximate surface area is 103 Å². The van der Waals surface area contributed by atoms with Crippen LogP contribution in [0.4, 0.5) is 0 Å². The Morgan fingerprint density at radius 2 is 2.06 bits per heavy atom. The lowest BCUT2D eigenvalue weighted by molar-refractivity contribution is -0.113. The van der Waals surface area contributed by atoms with E-state index in [4.69, 9.17) is 5.73 Å². The minimum Gasteiger partial charge on any atom is -0.326 e. The average Bonchev–Trinajstić information content (AvgIpc) is 2.52. The van der Waals surface area contributed by atoms with Crippen molar-refractivity contribution in [3.8, 4) is 0 Å². The van der Waals surface area contributed by atoms with Crippen LogP contribution in [0.15, 0.2) is 30.3 Å². The lowest BCUT2D eigenvalue weighted by Crippen LogP contribution is -2.47. The van der Waals surface area contributed by atoms with Gasteiger partial charge in [0.15, 0.2) is 0 Å². The molecule has 1 aromatic rings. The molecule has 3 heteroatoms. The third-order valence-electron chi connectivity index (χ3n) is 3.46. The summed E-state index contributed by atoms with van der Waals surface area (Å²) in [5.41, 5.74) is 7.30. The Balaban J connectivity index is 2.09. The Kier molecular flexibility index (Phi) is 4.29. The number of benzene rings is 1. The molecule has 17 heavy (non-hydrogen) atoms. The molecule has 1 heterocycles. The fourth-order valence-corrected chi connectivity index (χ4v) is 2.47. The number of nitrogens with zero attached hydrogens (tertiary/aromatic N) is 1. The summed E-state index contributed by atoms with van der Waals surface area (Å²) >= 11 is 0. The lowest BCUT2D eigenvalue weighted by atomic mass is 10.1. The number of likely N-dealkylation sites (tertiary alicyclic amines) is 1. The van der Waals surface area contributed by atoms with E-state index in [1.165, 1.54) is 5.56 Å². The molecule has 2 N–H and O–H groups in total. The number of nitrogens with two attached hydrogens (primary N) is 1. The molecule has 0 aliphatic carbocycles. The van der Waals surface area contributed by atoms with Gasteiger partial charge >= 0.3 is 0 Å². The lowest BCUT2D eigenvalue weighted by Gasteiger charge is -2.29. The van der Waals surface area contributed by atoms with Gasteiger partial charge in [-0.1, -0.05) is 36.8 Å². The van der Waals surface area contributed by atoms with Crippen molar-refractivity contribution in [2.45, 2.75) is 37.9 Å². The molecule has 0 amide bonds. The zero-order valence-electron chi connectivity index (χ0n) is 10.1. The van der Waals surface area contributed by atoms with Crippen LogP contribution in [0.25, 0.3) is 0 Å². The van der Waals surface area contributed by atoms with Gasteiger partial charge in [0.2, 0.25) is 0 Å². The van der Waals surface area contributed by atoms with Crippen LogP contribution in [-0.4, -0.2) is 29.8 Å². The molecule has 1 aliphatic rings. The highest BCUT2D eigenvalue weighted by Crippen LogP contribution is 2.17. The highest BCUT2D eigenvalue weighted by molar-refractivity contribution is 5.59. The molecule has 1 saturated heterocycles. The van der Waals surface area contributed by atoms with Crippen molar-refractivity contribution < 1.29 is 4.79 Å². The van der Waals surface area contributed by atoms with E-state index in [-0.39, 0.29) is 12.1 Å². The summed E-state index contributed by atoms with van der Waals surface area (Å²) in [6, 6.07) is 10.1. The van der Waals surface area contributed by atoms with Gasteiger partial charge in [0.05, 0.1) is 6.04 Å². The van der Waals surface area contributed by atoms with E-state index < -0.39 is 0 Å². The summed E-state index contributed by atoms with van der Waals surface area (Å²) < 4.78 is 0. The number of rotatable bonds is 3. The zero-order chi connectivity index (χ0) is 12.1. The number of hydrogen-bond donors (Lipinski definition) is 1. The predicted molar refractivity (Wildman–Crippen MR) is 68.5 cm³/mol. The normalized spacial score (nSPS) is 26.4. The zero-order valence-corrected chi connectivity index (χ0v) is 10.1. The van der Waals surface area contributed by atoms with E-state index in [0.29, 0.717) is 0 Å². The molecule has 0 spiro atoms. The van der Waals surface area contributed by atoms with Gasteiger partial charge in [0.1, 0.15) is 6.29 Å². The van der Waals surface area contributed by atoms with E-state index in [0.717, 1.165) is 38.6 Å². The molecular formula is C14H20N2O. The monoisotopic (exact) mass is 232 g/mol. The second-order valence-electron chi connectivity index (χ2n) is 4.74. The Bertz CT molecular complexity index is 352. The second kappa shape index (κ2) is 5.94. The fraction of sp³-hybridized carbons (Fsp3) is 0.500. The van der Waals surface area contributed by atoms with E-state index >= 15 is 0 Å². The van der Waals surface area contributed by atoms with Gasteiger partial charge in [-0.05, 0) is 24.9 Å². The van der Waals surface area contributed by atoms with Gasteiger partial charge in [-0.15, -0.1) is 0 Å². The summed E-state index contributed by atoms with van der Waals surface area (Å²) in [6.45, 7) is 1.78. The molecule has 2 atom stereocenters.